The molecule has 3 fully saturated rings. The average Bonchev–Trinajstić information content (AvgIpc) is 3.05. The van der Waals surface area contributed by atoms with Gasteiger partial charge < -0.3 is 4.74 Å². The number of rotatable bonds is 1. The largest absolute Gasteiger partial charge is 0.373 e. The van der Waals surface area contributed by atoms with Crippen LogP contribution in [0.1, 0.15) is 18.5 Å². The van der Waals surface area contributed by atoms with Crippen LogP contribution in [0.15, 0.2) is 5.38 Å². The third-order valence-electron chi connectivity index (χ3n) is 4.08. The van der Waals surface area contributed by atoms with Crippen molar-refractivity contribution in [3.8, 4) is 0 Å². The fourth-order valence-electron chi connectivity index (χ4n) is 3.34. The first-order chi connectivity index (χ1) is 8.66. The smallest absolute Gasteiger partial charge is 0.242 e. The van der Waals surface area contributed by atoms with E-state index < -0.39 is 0 Å². The van der Waals surface area contributed by atoms with Crippen molar-refractivity contribution >= 4 is 28.3 Å². The highest BCUT2D eigenvalue weighted by molar-refractivity contribution is 7.14. The average molecular weight is 264 g/mol. The van der Waals surface area contributed by atoms with Crippen LogP contribution in [0.4, 0.5) is 5.13 Å². The fourth-order valence-corrected chi connectivity index (χ4v) is 4.16. The maximum atomic E-state index is 12.4. The Hall–Kier alpha value is -1.27. The second kappa shape index (κ2) is 3.39. The molecule has 4 rings (SSSR count). The monoisotopic (exact) mass is 264 g/mol. The van der Waals surface area contributed by atoms with Crippen molar-refractivity contribution in [2.45, 2.75) is 32.0 Å². The quantitative estimate of drug-likeness (QED) is 0.713. The highest BCUT2D eigenvalue weighted by Gasteiger charge is 2.63. The van der Waals surface area contributed by atoms with Crippen molar-refractivity contribution in [2.75, 3.05) is 4.90 Å². The number of hydrogen-bond acceptors (Lipinski definition) is 5. The molecule has 3 aliphatic heterocycles. The third kappa shape index (κ3) is 1.17. The summed E-state index contributed by atoms with van der Waals surface area (Å²) in [5.74, 6) is -0.765. The standard InChI is InChI=1S/C12H12N2O3S/c1-5-4-18-12(13-5)14-10(15)8-6-2-3-7(17-6)9(8)11(14)16/h4,6-9H,2-3H2,1H3/t6-,7-,8-,9-/m1/s1. The zero-order valence-electron chi connectivity index (χ0n) is 9.83. The van der Waals surface area contributed by atoms with Crippen LogP contribution in [-0.4, -0.2) is 29.0 Å². The Kier molecular flexibility index (Phi) is 2.00. The molecule has 0 aliphatic carbocycles. The molecule has 4 heterocycles. The summed E-state index contributed by atoms with van der Waals surface area (Å²) in [5.41, 5.74) is 0.840. The summed E-state index contributed by atoms with van der Waals surface area (Å²) in [5, 5.41) is 2.37. The number of nitrogens with zero attached hydrogens (tertiary/aromatic N) is 2. The van der Waals surface area contributed by atoms with E-state index in [4.69, 9.17) is 4.74 Å². The maximum absolute atomic E-state index is 12.4. The summed E-state index contributed by atoms with van der Waals surface area (Å²) in [6.45, 7) is 1.86. The van der Waals surface area contributed by atoms with Gasteiger partial charge in [-0.1, -0.05) is 0 Å². The lowest BCUT2D eigenvalue weighted by atomic mass is 9.81. The Bertz CT molecular complexity index is 527. The molecule has 6 heteroatoms. The van der Waals surface area contributed by atoms with Gasteiger partial charge in [-0.15, -0.1) is 11.3 Å². The molecule has 2 amide bonds. The molecule has 18 heavy (non-hydrogen) atoms. The number of ether oxygens (including phenoxy) is 1. The molecule has 1 aromatic heterocycles. The van der Waals surface area contributed by atoms with Crippen LogP contribution in [0.3, 0.4) is 0 Å². The van der Waals surface area contributed by atoms with E-state index in [2.05, 4.69) is 4.98 Å². The molecule has 3 saturated heterocycles. The van der Waals surface area contributed by atoms with Crippen LogP contribution < -0.4 is 4.90 Å². The molecular weight excluding hydrogens is 252 g/mol. The van der Waals surface area contributed by atoms with E-state index in [-0.39, 0.29) is 35.9 Å². The molecule has 94 valence electrons. The van der Waals surface area contributed by atoms with Gasteiger partial charge in [0.1, 0.15) is 0 Å². The lowest BCUT2D eigenvalue weighted by Crippen LogP contribution is -2.34. The summed E-state index contributed by atoms with van der Waals surface area (Å²) in [7, 11) is 0. The van der Waals surface area contributed by atoms with Crippen molar-refractivity contribution in [1.29, 1.82) is 0 Å². The number of carbonyl (C=O) groups is 2. The van der Waals surface area contributed by atoms with Gasteiger partial charge in [0.25, 0.3) is 0 Å². The normalized spacial score (nSPS) is 37.7. The van der Waals surface area contributed by atoms with Gasteiger partial charge in [0.05, 0.1) is 29.7 Å². The number of imide groups is 1. The number of hydrogen-bond donors (Lipinski definition) is 0. The van der Waals surface area contributed by atoms with Gasteiger partial charge in [0, 0.05) is 5.38 Å². The minimum Gasteiger partial charge on any atom is -0.373 e. The summed E-state index contributed by atoms with van der Waals surface area (Å²) in [6.07, 6.45) is 1.69. The minimum atomic E-state index is -0.263. The third-order valence-corrected chi connectivity index (χ3v) is 5.03. The first kappa shape index (κ1) is 10.6. The number of aromatic nitrogens is 1. The molecule has 0 saturated carbocycles. The lowest BCUT2D eigenvalue weighted by Gasteiger charge is -2.14. The van der Waals surface area contributed by atoms with Gasteiger partial charge in [-0.2, -0.15) is 0 Å². The zero-order chi connectivity index (χ0) is 12.4. The predicted molar refractivity (Wildman–Crippen MR) is 64.2 cm³/mol. The molecule has 1 aromatic rings. The molecule has 5 nitrogen and oxygen atoms in total. The number of anilines is 1. The molecule has 0 N–H and O–H groups in total. The second-order valence-electron chi connectivity index (χ2n) is 5.13. The Morgan fingerprint density at radius 1 is 1.28 bits per heavy atom. The summed E-state index contributed by atoms with van der Waals surface area (Å²) in [6, 6.07) is 0. The van der Waals surface area contributed by atoms with E-state index in [1.807, 2.05) is 12.3 Å². The molecular formula is C12H12N2O3S. The number of thiazole rings is 1. The van der Waals surface area contributed by atoms with Crippen molar-refractivity contribution in [3.05, 3.63) is 11.1 Å². The minimum absolute atomic E-state index is 0.0532. The maximum Gasteiger partial charge on any atom is 0.242 e. The Balaban J connectivity index is 1.75. The summed E-state index contributed by atoms with van der Waals surface area (Å²) < 4.78 is 5.68. The van der Waals surface area contributed by atoms with Crippen molar-refractivity contribution < 1.29 is 14.3 Å². The summed E-state index contributed by atoms with van der Waals surface area (Å²) in [4.78, 5) is 30.3. The van der Waals surface area contributed by atoms with E-state index in [9.17, 15) is 9.59 Å². The van der Waals surface area contributed by atoms with Gasteiger partial charge in [0.2, 0.25) is 11.8 Å². The van der Waals surface area contributed by atoms with Crippen LogP contribution in [-0.2, 0) is 14.3 Å². The molecule has 0 spiro atoms. The van der Waals surface area contributed by atoms with E-state index >= 15 is 0 Å². The van der Waals surface area contributed by atoms with Crippen LogP contribution in [0.5, 0.6) is 0 Å². The number of carbonyl (C=O) groups excluding carboxylic acids is 2. The Morgan fingerprint density at radius 2 is 1.89 bits per heavy atom. The molecule has 4 atom stereocenters. The number of aryl methyl sites for hydroxylation is 1. The molecule has 2 bridgehead atoms. The topological polar surface area (TPSA) is 59.5 Å². The van der Waals surface area contributed by atoms with E-state index in [0.29, 0.717) is 5.13 Å². The van der Waals surface area contributed by atoms with E-state index in [1.54, 1.807) is 0 Å². The fraction of sp³-hybridized carbons (Fsp3) is 0.583. The Morgan fingerprint density at radius 3 is 2.39 bits per heavy atom. The highest BCUT2D eigenvalue weighted by atomic mass is 32.1. The number of amides is 2. The predicted octanol–water partition coefficient (Wildman–Crippen LogP) is 1.12. The highest BCUT2D eigenvalue weighted by Crippen LogP contribution is 2.49. The van der Waals surface area contributed by atoms with Crippen LogP contribution in [0.2, 0.25) is 0 Å². The zero-order valence-corrected chi connectivity index (χ0v) is 10.6. The van der Waals surface area contributed by atoms with Crippen molar-refractivity contribution in [3.63, 3.8) is 0 Å². The molecule has 0 aromatic carbocycles. The first-order valence-corrected chi connectivity index (χ1v) is 7.00. The van der Waals surface area contributed by atoms with Gasteiger partial charge in [-0.25, -0.2) is 9.88 Å². The SMILES string of the molecule is Cc1csc(N2C(=O)[C@H]3[C@H](C2=O)[C@H]2CC[C@H]3O2)n1. The molecule has 0 unspecified atom stereocenters. The second-order valence-corrected chi connectivity index (χ2v) is 5.96. The number of fused-ring (bicyclic) bond motifs is 5. The van der Waals surface area contributed by atoms with Crippen molar-refractivity contribution in [1.82, 2.24) is 4.98 Å². The van der Waals surface area contributed by atoms with Gasteiger partial charge in [-0.05, 0) is 19.8 Å². The van der Waals surface area contributed by atoms with Crippen LogP contribution in [0.25, 0.3) is 0 Å². The van der Waals surface area contributed by atoms with Crippen LogP contribution >= 0.6 is 11.3 Å². The van der Waals surface area contributed by atoms with Crippen molar-refractivity contribution in [2.24, 2.45) is 11.8 Å². The van der Waals surface area contributed by atoms with E-state index in [0.717, 1.165) is 18.5 Å². The van der Waals surface area contributed by atoms with Gasteiger partial charge in [0.15, 0.2) is 5.13 Å². The van der Waals surface area contributed by atoms with Gasteiger partial charge in [-0.3, -0.25) is 9.59 Å². The first-order valence-electron chi connectivity index (χ1n) is 6.12. The van der Waals surface area contributed by atoms with Crippen LogP contribution in [0, 0.1) is 18.8 Å². The van der Waals surface area contributed by atoms with Gasteiger partial charge >= 0.3 is 0 Å². The molecule has 0 radical (unpaired) electrons. The summed E-state index contributed by atoms with van der Waals surface area (Å²) >= 11 is 1.35. The lowest BCUT2D eigenvalue weighted by molar-refractivity contribution is -0.124. The Labute approximate surface area is 108 Å². The molecule has 3 aliphatic rings. The van der Waals surface area contributed by atoms with E-state index in [1.165, 1.54) is 16.2 Å².